The largest absolute Gasteiger partial charge is 0.321 e. The Morgan fingerprint density at radius 1 is 1.25 bits per heavy atom. The van der Waals surface area contributed by atoms with Gasteiger partial charge in [-0.3, -0.25) is 10.1 Å². The highest BCUT2D eigenvalue weighted by molar-refractivity contribution is 5.84. The topological polar surface area (TPSA) is 32.3 Å². The Morgan fingerprint density at radius 2 is 1.90 bits per heavy atom. The fourth-order valence-electron chi connectivity index (χ4n) is 2.95. The molecule has 1 fully saturated rings. The summed E-state index contributed by atoms with van der Waals surface area (Å²) >= 11 is 0. The van der Waals surface area contributed by atoms with Gasteiger partial charge in [0.25, 0.3) is 0 Å². The molecule has 1 N–H and O–H groups in total. The van der Waals surface area contributed by atoms with Crippen LogP contribution in [0.25, 0.3) is 0 Å². The number of benzene rings is 1. The van der Waals surface area contributed by atoms with Crippen LogP contribution < -0.4 is 5.32 Å². The van der Waals surface area contributed by atoms with Crippen LogP contribution >= 0.6 is 0 Å². The molecule has 0 spiro atoms. The third-order valence-electron chi connectivity index (χ3n) is 4.47. The van der Waals surface area contributed by atoms with E-state index in [2.05, 4.69) is 38.2 Å². The molecule has 110 valence electrons. The molecule has 20 heavy (non-hydrogen) atoms. The van der Waals surface area contributed by atoms with Gasteiger partial charge in [-0.05, 0) is 30.9 Å². The Bertz CT molecular complexity index is 468. The van der Waals surface area contributed by atoms with E-state index in [-0.39, 0.29) is 18.1 Å². The summed E-state index contributed by atoms with van der Waals surface area (Å²) in [6.45, 7) is 9.32. The van der Waals surface area contributed by atoms with Crippen LogP contribution in [0.2, 0.25) is 0 Å². The van der Waals surface area contributed by atoms with Crippen molar-refractivity contribution in [2.24, 2.45) is 5.92 Å². The standard InChI is InChI=1S/C17H26N2O/c1-5-14(6-2)11-19-16(18-13(4)17(19)20)15-10-8-7-9-12(15)3/h7-10,13-14,16,18H,5-6,11H2,1-4H3. The van der Waals surface area contributed by atoms with Gasteiger partial charge in [0.2, 0.25) is 5.91 Å². The molecule has 2 unspecified atom stereocenters. The molecule has 0 bridgehead atoms. The third-order valence-corrected chi connectivity index (χ3v) is 4.47. The van der Waals surface area contributed by atoms with Crippen molar-refractivity contribution >= 4 is 5.91 Å². The molecule has 0 aliphatic carbocycles. The van der Waals surface area contributed by atoms with E-state index in [0.717, 1.165) is 19.4 Å². The maximum Gasteiger partial charge on any atom is 0.241 e. The number of rotatable bonds is 5. The Morgan fingerprint density at radius 3 is 2.50 bits per heavy atom. The summed E-state index contributed by atoms with van der Waals surface area (Å²) in [4.78, 5) is 14.5. The number of hydrogen-bond donors (Lipinski definition) is 1. The fraction of sp³-hybridized carbons (Fsp3) is 0.588. The van der Waals surface area contributed by atoms with E-state index >= 15 is 0 Å². The molecule has 3 heteroatoms. The van der Waals surface area contributed by atoms with Crippen LogP contribution in [0.15, 0.2) is 24.3 Å². The average Bonchev–Trinajstić information content (AvgIpc) is 2.73. The smallest absolute Gasteiger partial charge is 0.241 e. The molecule has 0 radical (unpaired) electrons. The molecule has 1 saturated heterocycles. The molecule has 2 atom stereocenters. The first-order valence-corrected chi connectivity index (χ1v) is 7.70. The molecule has 3 nitrogen and oxygen atoms in total. The number of carbonyl (C=O) groups is 1. The van der Waals surface area contributed by atoms with E-state index < -0.39 is 0 Å². The molecule has 1 aromatic rings. The summed E-state index contributed by atoms with van der Waals surface area (Å²) in [7, 11) is 0. The van der Waals surface area contributed by atoms with E-state index in [9.17, 15) is 4.79 Å². The average molecular weight is 274 g/mol. The van der Waals surface area contributed by atoms with Gasteiger partial charge in [-0.2, -0.15) is 0 Å². The Kier molecular flexibility index (Phi) is 4.81. The van der Waals surface area contributed by atoms with Crippen LogP contribution in [0.3, 0.4) is 0 Å². The predicted molar refractivity (Wildman–Crippen MR) is 82.3 cm³/mol. The Balaban J connectivity index is 2.26. The molecule has 1 aliphatic heterocycles. The van der Waals surface area contributed by atoms with Gasteiger partial charge >= 0.3 is 0 Å². The van der Waals surface area contributed by atoms with Crippen LogP contribution in [0, 0.1) is 12.8 Å². The van der Waals surface area contributed by atoms with Gasteiger partial charge < -0.3 is 4.90 Å². The fourth-order valence-corrected chi connectivity index (χ4v) is 2.95. The van der Waals surface area contributed by atoms with Crippen LogP contribution in [0.5, 0.6) is 0 Å². The number of nitrogens with zero attached hydrogens (tertiary/aromatic N) is 1. The van der Waals surface area contributed by atoms with Gasteiger partial charge in [-0.15, -0.1) is 0 Å². The zero-order chi connectivity index (χ0) is 14.7. The number of nitrogens with one attached hydrogen (secondary N) is 1. The van der Waals surface area contributed by atoms with Gasteiger partial charge in [0.1, 0.15) is 6.17 Å². The van der Waals surface area contributed by atoms with Crippen molar-refractivity contribution in [2.45, 2.75) is 52.7 Å². The van der Waals surface area contributed by atoms with Gasteiger partial charge in [-0.1, -0.05) is 51.0 Å². The van der Waals surface area contributed by atoms with E-state index in [4.69, 9.17) is 0 Å². The molecule has 1 amide bonds. The van der Waals surface area contributed by atoms with Gasteiger partial charge in [0.15, 0.2) is 0 Å². The van der Waals surface area contributed by atoms with Crippen LogP contribution in [0.1, 0.15) is 50.9 Å². The lowest BCUT2D eigenvalue weighted by molar-refractivity contribution is -0.130. The summed E-state index contributed by atoms with van der Waals surface area (Å²) in [6, 6.07) is 8.24. The van der Waals surface area contributed by atoms with Crippen molar-refractivity contribution in [1.29, 1.82) is 0 Å². The normalized spacial score (nSPS) is 22.9. The second-order valence-electron chi connectivity index (χ2n) is 5.82. The van der Waals surface area contributed by atoms with E-state index in [1.807, 2.05) is 24.0 Å². The minimum Gasteiger partial charge on any atom is -0.321 e. The minimum atomic E-state index is -0.0889. The summed E-state index contributed by atoms with van der Waals surface area (Å²) in [6.07, 6.45) is 2.27. The number of aryl methyl sites for hydroxylation is 1. The summed E-state index contributed by atoms with van der Waals surface area (Å²) in [5.74, 6) is 0.808. The highest BCUT2D eigenvalue weighted by Gasteiger charge is 2.38. The van der Waals surface area contributed by atoms with Crippen molar-refractivity contribution in [1.82, 2.24) is 10.2 Å². The molecule has 1 aliphatic rings. The first-order valence-electron chi connectivity index (χ1n) is 7.70. The Hall–Kier alpha value is -1.35. The zero-order valence-electron chi connectivity index (χ0n) is 13.0. The number of carbonyl (C=O) groups excluding carboxylic acids is 1. The van der Waals surface area contributed by atoms with Crippen molar-refractivity contribution in [3.05, 3.63) is 35.4 Å². The quantitative estimate of drug-likeness (QED) is 0.894. The molecule has 2 rings (SSSR count). The zero-order valence-corrected chi connectivity index (χ0v) is 13.0. The molecular formula is C17H26N2O. The van der Waals surface area contributed by atoms with E-state index in [1.165, 1.54) is 11.1 Å². The molecule has 1 aromatic carbocycles. The lowest BCUT2D eigenvalue weighted by atomic mass is 10.0. The first kappa shape index (κ1) is 15.0. The highest BCUT2D eigenvalue weighted by atomic mass is 16.2. The second kappa shape index (κ2) is 6.40. The lowest BCUT2D eigenvalue weighted by Crippen LogP contribution is -2.35. The van der Waals surface area contributed by atoms with Crippen molar-refractivity contribution in [3.63, 3.8) is 0 Å². The summed E-state index contributed by atoms with van der Waals surface area (Å²) in [5.41, 5.74) is 2.46. The molecule has 0 saturated carbocycles. The van der Waals surface area contributed by atoms with Crippen LogP contribution in [-0.4, -0.2) is 23.4 Å². The minimum absolute atomic E-state index is 0.0271. The third kappa shape index (κ3) is 2.88. The Labute approximate surface area is 122 Å². The molecule has 1 heterocycles. The van der Waals surface area contributed by atoms with E-state index in [0.29, 0.717) is 5.92 Å². The van der Waals surface area contributed by atoms with Crippen LogP contribution in [-0.2, 0) is 4.79 Å². The summed E-state index contributed by atoms with van der Waals surface area (Å²) in [5, 5.41) is 3.44. The van der Waals surface area contributed by atoms with E-state index in [1.54, 1.807) is 0 Å². The molecular weight excluding hydrogens is 248 g/mol. The number of amides is 1. The van der Waals surface area contributed by atoms with Gasteiger partial charge in [0.05, 0.1) is 6.04 Å². The lowest BCUT2D eigenvalue weighted by Gasteiger charge is -2.29. The van der Waals surface area contributed by atoms with Crippen molar-refractivity contribution in [3.8, 4) is 0 Å². The van der Waals surface area contributed by atoms with Crippen molar-refractivity contribution in [2.75, 3.05) is 6.54 Å². The number of hydrogen-bond acceptors (Lipinski definition) is 2. The SMILES string of the molecule is CCC(CC)CN1C(=O)C(C)NC1c1ccccc1C. The van der Waals surface area contributed by atoms with Gasteiger partial charge in [0, 0.05) is 6.54 Å². The summed E-state index contributed by atoms with van der Waals surface area (Å²) < 4.78 is 0. The van der Waals surface area contributed by atoms with Crippen LogP contribution in [0.4, 0.5) is 0 Å². The predicted octanol–water partition coefficient (Wildman–Crippen LogP) is 3.25. The first-order chi connectivity index (χ1) is 9.58. The van der Waals surface area contributed by atoms with Gasteiger partial charge in [-0.25, -0.2) is 0 Å². The highest BCUT2D eigenvalue weighted by Crippen LogP contribution is 2.29. The molecule has 0 aromatic heterocycles. The second-order valence-corrected chi connectivity index (χ2v) is 5.82. The maximum atomic E-state index is 12.4. The van der Waals surface area contributed by atoms with Crippen molar-refractivity contribution < 1.29 is 4.79 Å². The maximum absolute atomic E-state index is 12.4. The monoisotopic (exact) mass is 274 g/mol.